The molecule has 1 heterocycles. The van der Waals surface area contributed by atoms with E-state index in [1.54, 1.807) is 0 Å². The van der Waals surface area contributed by atoms with Gasteiger partial charge in [-0.2, -0.15) is 0 Å². The van der Waals surface area contributed by atoms with Gasteiger partial charge in [0, 0.05) is 11.1 Å². The molecule has 1 aliphatic heterocycles. The van der Waals surface area contributed by atoms with Crippen LogP contribution in [0.1, 0.15) is 53.9 Å². The molecule has 0 amide bonds. The molecular formula is C11H22NO. The Labute approximate surface area is 81.9 Å². The fourth-order valence-corrected chi connectivity index (χ4v) is 2.20. The van der Waals surface area contributed by atoms with Crippen molar-refractivity contribution >= 4 is 0 Å². The highest BCUT2D eigenvalue weighted by molar-refractivity contribution is 4.97. The molecule has 0 N–H and O–H groups in total. The molecule has 1 rings (SSSR count). The molecule has 0 saturated carbocycles. The Hall–Kier alpha value is -0.0800. The molecule has 1 aliphatic rings. The average Bonchev–Trinajstić information content (AvgIpc) is 2.10. The van der Waals surface area contributed by atoms with Crippen molar-refractivity contribution in [2.45, 2.75) is 65.0 Å². The Bertz CT molecular complexity index is 186. The Morgan fingerprint density at radius 2 is 1.92 bits per heavy atom. The maximum Gasteiger partial charge on any atom is 0.0469 e. The molecule has 1 fully saturated rings. The Kier molecular flexibility index (Phi) is 2.75. The molecule has 0 aromatic rings. The quantitative estimate of drug-likeness (QED) is 0.614. The molecule has 0 bridgehead atoms. The lowest BCUT2D eigenvalue weighted by Gasteiger charge is -2.51. The predicted octanol–water partition coefficient (Wildman–Crippen LogP) is 3.01. The number of nitrogens with zero attached hydrogens (tertiary/aromatic N) is 1. The third-order valence-electron chi connectivity index (χ3n) is 4.10. The van der Waals surface area contributed by atoms with Gasteiger partial charge in [0.2, 0.25) is 0 Å². The molecule has 0 spiro atoms. The van der Waals surface area contributed by atoms with Crippen LogP contribution in [0, 0.1) is 5.92 Å². The second kappa shape index (κ2) is 3.25. The SMILES string of the molecule is CCC1(C)CCC(C)C(C)(C)N1[O]. The summed E-state index contributed by atoms with van der Waals surface area (Å²) in [7, 11) is 0. The fourth-order valence-electron chi connectivity index (χ4n) is 2.20. The Morgan fingerprint density at radius 1 is 1.38 bits per heavy atom. The maximum atomic E-state index is 12.1. The highest BCUT2D eigenvalue weighted by Gasteiger charge is 2.47. The first kappa shape index (κ1) is 11.0. The lowest BCUT2D eigenvalue weighted by molar-refractivity contribution is -0.304. The van der Waals surface area contributed by atoms with Crippen molar-refractivity contribution < 1.29 is 5.21 Å². The van der Waals surface area contributed by atoms with Gasteiger partial charge in [-0.1, -0.05) is 13.8 Å². The summed E-state index contributed by atoms with van der Waals surface area (Å²) in [6, 6.07) is 0. The minimum absolute atomic E-state index is 0.129. The van der Waals surface area contributed by atoms with Gasteiger partial charge in [-0.25, -0.2) is 0 Å². The minimum atomic E-state index is -0.191. The molecule has 0 aliphatic carbocycles. The molecule has 2 unspecified atom stereocenters. The number of piperidine rings is 1. The van der Waals surface area contributed by atoms with Crippen LogP contribution in [0.15, 0.2) is 0 Å². The van der Waals surface area contributed by atoms with Gasteiger partial charge < -0.3 is 0 Å². The summed E-state index contributed by atoms with van der Waals surface area (Å²) < 4.78 is 0. The zero-order valence-corrected chi connectivity index (χ0v) is 9.55. The first-order valence-corrected chi connectivity index (χ1v) is 5.32. The topological polar surface area (TPSA) is 23.1 Å². The molecule has 1 radical (unpaired) electrons. The summed E-state index contributed by atoms with van der Waals surface area (Å²) in [5.41, 5.74) is -0.320. The second-order valence-electron chi connectivity index (χ2n) is 5.24. The first-order valence-electron chi connectivity index (χ1n) is 5.32. The van der Waals surface area contributed by atoms with E-state index in [1.807, 2.05) is 0 Å². The van der Waals surface area contributed by atoms with Crippen LogP contribution < -0.4 is 0 Å². The van der Waals surface area contributed by atoms with E-state index in [0.717, 1.165) is 12.8 Å². The molecule has 2 heteroatoms. The van der Waals surface area contributed by atoms with Gasteiger partial charge >= 0.3 is 0 Å². The molecule has 13 heavy (non-hydrogen) atoms. The standard InChI is InChI=1S/C11H22NO/c1-6-11(5)8-7-9(2)10(3,4)12(11)13/h9H,6-8H2,1-5H3. The van der Waals surface area contributed by atoms with Crippen LogP contribution in [-0.2, 0) is 5.21 Å². The molecule has 2 nitrogen and oxygen atoms in total. The third kappa shape index (κ3) is 1.62. The summed E-state index contributed by atoms with van der Waals surface area (Å²) >= 11 is 0. The smallest absolute Gasteiger partial charge is 0.0469 e. The van der Waals surface area contributed by atoms with Crippen LogP contribution >= 0.6 is 0 Å². The van der Waals surface area contributed by atoms with Crippen LogP contribution in [0.25, 0.3) is 0 Å². The first-order chi connectivity index (χ1) is 5.84. The van der Waals surface area contributed by atoms with Crippen LogP contribution in [-0.4, -0.2) is 16.1 Å². The Morgan fingerprint density at radius 3 is 2.38 bits per heavy atom. The van der Waals surface area contributed by atoms with Gasteiger partial charge in [0.15, 0.2) is 0 Å². The predicted molar refractivity (Wildman–Crippen MR) is 53.7 cm³/mol. The van der Waals surface area contributed by atoms with Gasteiger partial charge in [0.25, 0.3) is 0 Å². The normalized spacial score (nSPS) is 40.6. The fraction of sp³-hybridized carbons (Fsp3) is 1.00. The van der Waals surface area contributed by atoms with Crippen molar-refractivity contribution in [3.8, 4) is 0 Å². The summed E-state index contributed by atoms with van der Waals surface area (Å²) in [5.74, 6) is 0.504. The largest absolute Gasteiger partial charge is 0.143 e. The van der Waals surface area contributed by atoms with Crippen molar-refractivity contribution in [1.82, 2.24) is 5.06 Å². The average molecular weight is 184 g/mol. The van der Waals surface area contributed by atoms with Crippen LogP contribution in [0.3, 0.4) is 0 Å². The van der Waals surface area contributed by atoms with E-state index >= 15 is 0 Å². The Balaban J connectivity index is 2.88. The van der Waals surface area contributed by atoms with E-state index in [1.165, 1.54) is 11.5 Å². The molecule has 2 atom stereocenters. The van der Waals surface area contributed by atoms with E-state index in [2.05, 4.69) is 34.6 Å². The zero-order valence-electron chi connectivity index (χ0n) is 9.55. The summed E-state index contributed by atoms with van der Waals surface area (Å²) in [6.45, 7) is 10.5. The van der Waals surface area contributed by atoms with Crippen LogP contribution in [0.2, 0.25) is 0 Å². The van der Waals surface area contributed by atoms with E-state index in [-0.39, 0.29) is 11.1 Å². The number of hydroxylamine groups is 2. The molecule has 1 saturated heterocycles. The van der Waals surface area contributed by atoms with Gasteiger partial charge in [-0.05, 0) is 46.0 Å². The third-order valence-corrected chi connectivity index (χ3v) is 4.10. The second-order valence-corrected chi connectivity index (χ2v) is 5.24. The van der Waals surface area contributed by atoms with Crippen LogP contribution in [0.4, 0.5) is 0 Å². The summed E-state index contributed by atoms with van der Waals surface area (Å²) in [4.78, 5) is 0. The van der Waals surface area contributed by atoms with Crippen molar-refractivity contribution in [1.29, 1.82) is 0 Å². The molecule has 77 valence electrons. The molecule has 0 aromatic carbocycles. The van der Waals surface area contributed by atoms with Gasteiger partial charge in [-0.3, -0.25) is 0 Å². The van der Waals surface area contributed by atoms with Gasteiger partial charge in [0.1, 0.15) is 0 Å². The number of rotatable bonds is 1. The van der Waals surface area contributed by atoms with Gasteiger partial charge in [0.05, 0.1) is 0 Å². The van der Waals surface area contributed by atoms with E-state index < -0.39 is 0 Å². The van der Waals surface area contributed by atoms with E-state index in [0.29, 0.717) is 5.92 Å². The zero-order chi connectivity index (χ0) is 10.3. The molecular weight excluding hydrogens is 162 g/mol. The number of hydrogen-bond acceptors (Lipinski definition) is 1. The number of hydrogen-bond donors (Lipinski definition) is 0. The van der Waals surface area contributed by atoms with Gasteiger partial charge in [-0.15, -0.1) is 10.3 Å². The summed E-state index contributed by atoms with van der Waals surface area (Å²) in [5, 5.41) is 13.5. The minimum Gasteiger partial charge on any atom is -0.143 e. The van der Waals surface area contributed by atoms with Crippen molar-refractivity contribution in [3.05, 3.63) is 0 Å². The lowest BCUT2D eigenvalue weighted by atomic mass is 9.73. The summed E-state index contributed by atoms with van der Waals surface area (Å²) in [6.07, 6.45) is 3.17. The maximum absolute atomic E-state index is 12.1. The highest BCUT2D eigenvalue weighted by Crippen LogP contribution is 2.42. The lowest BCUT2D eigenvalue weighted by Crippen LogP contribution is -2.60. The highest BCUT2D eigenvalue weighted by atomic mass is 16.5. The van der Waals surface area contributed by atoms with Crippen LogP contribution in [0.5, 0.6) is 0 Å². The monoisotopic (exact) mass is 184 g/mol. The molecule has 0 aromatic heterocycles. The van der Waals surface area contributed by atoms with E-state index in [9.17, 15) is 5.21 Å². The van der Waals surface area contributed by atoms with Crippen molar-refractivity contribution in [2.24, 2.45) is 5.92 Å². The van der Waals surface area contributed by atoms with Crippen molar-refractivity contribution in [2.75, 3.05) is 0 Å². The van der Waals surface area contributed by atoms with E-state index in [4.69, 9.17) is 0 Å². The van der Waals surface area contributed by atoms with Crippen molar-refractivity contribution in [3.63, 3.8) is 0 Å².